The zero-order chi connectivity index (χ0) is 19.5. The van der Waals surface area contributed by atoms with Gasteiger partial charge in [0.1, 0.15) is 11.6 Å². The van der Waals surface area contributed by atoms with Crippen LogP contribution in [0.25, 0.3) is 0 Å². The number of benzene rings is 1. The molecule has 28 heavy (non-hydrogen) atoms. The molecule has 3 heterocycles. The Morgan fingerprint density at radius 1 is 1.25 bits per heavy atom. The van der Waals surface area contributed by atoms with E-state index >= 15 is 0 Å². The summed E-state index contributed by atoms with van der Waals surface area (Å²) >= 11 is 0. The fourth-order valence-electron chi connectivity index (χ4n) is 3.39. The van der Waals surface area contributed by atoms with Gasteiger partial charge in [-0.05, 0) is 41.5 Å². The average molecular weight is 379 g/mol. The first kappa shape index (κ1) is 17.9. The van der Waals surface area contributed by atoms with Crippen LogP contribution in [0.2, 0.25) is 0 Å². The fraction of sp³-hybridized carbons (Fsp3) is 0.190. The number of aromatic nitrogens is 1. The summed E-state index contributed by atoms with van der Waals surface area (Å²) in [6.07, 6.45) is 4.92. The van der Waals surface area contributed by atoms with Crippen molar-refractivity contribution in [2.45, 2.75) is 25.4 Å². The van der Waals surface area contributed by atoms with Gasteiger partial charge in [-0.1, -0.05) is 12.1 Å². The minimum Gasteiger partial charge on any atom is -0.467 e. The van der Waals surface area contributed by atoms with Crippen molar-refractivity contribution in [2.75, 3.05) is 5.32 Å². The summed E-state index contributed by atoms with van der Waals surface area (Å²) in [7, 11) is 0. The third-order valence-electron chi connectivity index (χ3n) is 4.69. The summed E-state index contributed by atoms with van der Waals surface area (Å²) in [4.78, 5) is 31.3. The molecule has 7 heteroatoms. The van der Waals surface area contributed by atoms with Crippen LogP contribution < -0.4 is 5.32 Å². The Balaban J connectivity index is 1.66. The predicted octanol–water partition coefficient (Wildman–Crippen LogP) is 3.47. The minimum absolute atomic E-state index is 0.0131. The zero-order valence-corrected chi connectivity index (χ0v) is 15.0. The van der Waals surface area contributed by atoms with E-state index in [4.69, 9.17) is 4.42 Å². The highest BCUT2D eigenvalue weighted by Gasteiger charge is 2.34. The van der Waals surface area contributed by atoms with Crippen LogP contribution in [0, 0.1) is 5.82 Å². The maximum Gasteiger partial charge on any atom is 0.231 e. The largest absolute Gasteiger partial charge is 0.467 e. The van der Waals surface area contributed by atoms with E-state index in [9.17, 15) is 14.0 Å². The lowest BCUT2D eigenvalue weighted by molar-refractivity contribution is -0.136. The number of halogens is 1. The Morgan fingerprint density at radius 2 is 2.14 bits per heavy atom. The first-order chi connectivity index (χ1) is 13.6. The highest BCUT2D eigenvalue weighted by molar-refractivity contribution is 6.01. The summed E-state index contributed by atoms with van der Waals surface area (Å²) in [6, 6.07) is 11.3. The molecule has 0 fully saturated rings. The van der Waals surface area contributed by atoms with E-state index in [1.165, 1.54) is 12.1 Å². The molecule has 1 N–H and O–H groups in total. The molecule has 1 atom stereocenters. The van der Waals surface area contributed by atoms with E-state index < -0.39 is 11.7 Å². The van der Waals surface area contributed by atoms with Crippen molar-refractivity contribution in [1.82, 2.24) is 9.88 Å². The van der Waals surface area contributed by atoms with Gasteiger partial charge in [-0.3, -0.25) is 14.6 Å². The van der Waals surface area contributed by atoms with Crippen molar-refractivity contribution in [3.05, 3.63) is 83.8 Å². The number of fused-ring (bicyclic) bond motifs is 1. The monoisotopic (exact) mass is 379 g/mol. The van der Waals surface area contributed by atoms with Crippen molar-refractivity contribution in [1.29, 1.82) is 0 Å². The van der Waals surface area contributed by atoms with E-state index in [0.29, 0.717) is 23.6 Å². The average Bonchev–Trinajstić information content (AvgIpc) is 3.20. The van der Waals surface area contributed by atoms with E-state index in [-0.39, 0.29) is 24.8 Å². The molecule has 1 aliphatic heterocycles. The molecule has 2 amide bonds. The number of rotatable bonds is 5. The van der Waals surface area contributed by atoms with Gasteiger partial charge in [-0.15, -0.1) is 0 Å². The third kappa shape index (κ3) is 3.78. The van der Waals surface area contributed by atoms with Gasteiger partial charge in [0.15, 0.2) is 0 Å². The lowest BCUT2D eigenvalue weighted by Gasteiger charge is -2.30. The van der Waals surface area contributed by atoms with Crippen LogP contribution in [0.4, 0.5) is 10.1 Å². The number of nitrogens with zero attached hydrogens (tertiary/aromatic N) is 2. The van der Waals surface area contributed by atoms with Gasteiger partial charge in [0.05, 0.1) is 18.7 Å². The molecule has 3 aromatic rings. The molecular formula is C21H18FN3O3. The second-order valence-electron chi connectivity index (χ2n) is 6.67. The Morgan fingerprint density at radius 3 is 2.89 bits per heavy atom. The van der Waals surface area contributed by atoms with Crippen LogP contribution >= 0.6 is 0 Å². The van der Waals surface area contributed by atoms with Crippen molar-refractivity contribution in [2.24, 2.45) is 0 Å². The van der Waals surface area contributed by atoms with E-state index in [1.54, 1.807) is 47.8 Å². The predicted molar refractivity (Wildman–Crippen MR) is 99.6 cm³/mol. The van der Waals surface area contributed by atoms with E-state index in [2.05, 4.69) is 10.3 Å². The molecule has 2 aromatic heterocycles. The molecule has 0 bridgehead atoms. The lowest BCUT2D eigenvalue weighted by Crippen LogP contribution is -2.38. The minimum atomic E-state index is -0.684. The normalized spacial score (nSPS) is 15.6. The zero-order valence-electron chi connectivity index (χ0n) is 15.0. The Bertz CT molecular complexity index is 989. The molecule has 0 aliphatic carbocycles. The third-order valence-corrected chi connectivity index (χ3v) is 4.69. The molecule has 1 aromatic carbocycles. The van der Waals surface area contributed by atoms with Gasteiger partial charge in [-0.25, -0.2) is 4.39 Å². The smallest absolute Gasteiger partial charge is 0.231 e. The van der Waals surface area contributed by atoms with Crippen molar-refractivity contribution < 1.29 is 18.4 Å². The van der Waals surface area contributed by atoms with Gasteiger partial charge in [-0.2, -0.15) is 0 Å². The summed E-state index contributed by atoms with van der Waals surface area (Å²) in [6.45, 7) is 0.581. The number of furan rings is 1. The van der Waals surface area contributed by atoms with Crippen LogP contribution in [0.15, 0.2) is 65.5 Å². The first-order valence-corrected chi connectivity index (χ1v) is 8.89. The summed E-state index contributed by atoms with van der Waals surface area (Å²) in [5.74, 6) is -1.04. The number of pyridine rings is 1. The van der Waals surface area contributed by atoms with Gasteiger partial charge < -0.3 is 14.6 Å². The maximum absolute atomic E-state index is 13.6. The number of nitrogens with one attached hydrogen (secondary N) is 1. The first-order valence-electron chi connectivity index (χ1n) is 8.89. The standard InChI is InChI=1S/C21H18FN3O3/c22-15-5-6-17-18(10-20(26)24-19(17)9-15)21(27)25(13-16-4-2-8-28-16)12-14-3-1-7-23-11-14/h1-9,11,18H,10,12-13H2,(H,24,26). The molecule has 1 unspecified atom stereocenters. The summed E-state index contributed by atoms with van der Waals surface area (Å²) in [5.41, 5.74) is 1.82. The lowest BCUT2D eigenvalue weighted by atomic mass is 9.89. The molecule has 4 rings (SSSR count). The van der Waals surface area contributed by atoms with Crippen molar-refractivity contribution >= 4 is 17.5 Å². The quantitative estimate of drug-likeness (QED) is 0.737. The topological polar surface area (TPSA) is 75.4 Å². The van der Waals surface area contributed by atoms with Crippen LogP contribution in [-0.2, 0) is 22.7 Å². The number of carbonyl (C=O) groups is 2. The number of anilines is 1. The van der Waals surface area contributed by atoms with Gasteiger partial charge in [0, 0.05) is 31.0 Å². The highest BCUT2D eigenvalue weighted by Crippen LogP contribution is 2.34. The van der Waals surface area contributed by atoms with Gasteiger partial charge in [0.2, 0.25) is 11.8 Å². The van der Waals surface area contributed by atoms with Crippen molar-refractivity contribution in [3.63, 3.8) is 0 Å². The number of hydrogen-bond acceptors (Lipinski definition) is 4. The van der Waals surface area contributed by atoms with Crippen LogP contribution in [0.3, 0.4) is 0 Å². The Labute approximate surface area is 161 Å². The van der Waals surface area contributed by atoms with Crippen LogP contribution in [-0.4, -0.2) is 21.7 Å². The SMILES string of the molecule is O=C1CC(C(=O)N(Cc2cccnc2)Cc2ccco2)c2ccc(F)cc2N1. The second kappa shape index (κ2) is 7.64. The van der Waals surface area contributed by atoms with Crippen molar-refractivity contribution in [3.8, 4) is 0 Å². The molecular weight excluding hydrogens is 361 g/mol. The molecule has 6 nitrogen and oxygen atoms in total. The van der Waals surface area contributed by atoms with Gasteiger partial charge in [0.25, 0.3) is 0 Å². The molecule has 142 valence electrons. The Hall–Kier alpha value is -3.48. The maximum atomic E-state index is 13.6. The van der Waals surface area contributed by atoms with E-state index in [1.807, 2.05) is 6.07 Å². The fourth-order valence-corrected chi connectivity index (χ4v) is 3.39. The number of hydrogen-bond donors (Lipinski definition) is 1. The van der Waals surface area contributed by atoms with Crippen LogP contribution in [0.1, 0.15) is 29.2 Å². The van der Waals surface area contributed by atoms with E-state index in [0.717, 1.165) is 5.56 Å². The molecule has 0 spiro atoms. The van der Waals surface area contributed by atoms with Gasteiger partial charge >= 0.3 is 0 Å². The second-order valence-corrected chi connectivity index (χ2v) is 6.67. The highest BCUT2D eigenvalue weighted by atomic mass is 19.1. The molecule has 1 aliphatic rings. The molecule has 0 radical (unpaired) electrons. The molecule has 0 saturated heterocycles. The summed E-state index contributed by atoms with van der Waals surface area (Å²) in [5, 5.41) is 2.64. The number of carbonyl (C=O) groups excluding carboxylic acids is 2. The Kier molecular flexibility index (Phi) is 4.89. The summed E-state index contributed by atoms with van der Waals surface area (Å²) < 4.78 is 19.0. The van der Waals surface area contributed by atoms with Crippen LogP contribution in [0.5, 0.6) is 0 Å². The number of amides is 2. The molecule has 0 saturated carbocycles.